The number of rotatable bonds is 6. The van der Waals surface area contributed by atoms with Gasteiger partial charge in [0.15, 0.2) is 0 Å². The van der Waals surface area contributed by atoms with Crippen molar-refractivity contribution in [1.29, 1.82) is 0 Å². The minimum atomic E-state index is -0.925. The highest BCUT2D eigenvalue weighted by molar-refractivity contribution is 6.10. The molecule has 1 fully saturated rings. The molecule has 0 saturated carbocycles. The molecule has 1 aliphatic heterocycles. The number of unbranched alkanes of at least 4 members (excludes halogenated alkanes) is 1. The van der Waals surface area contributed by atoms with Gasteiger partial charge >= 0.3 is 6.03 Å². The fraction of sp³-hybridized carbons (Fsp3) is 0.500. The number of urea groups is 1. The van der Waals surface area contributed by atoms with Crippen LogP contribution in [-0.4, -0.2) is 34.3 Å². The van der Waals surface area contributed by atoms with E-state index < -0.39 is 17.6 Å². The first-order chi connectivity index (χ1) is 11.3. The van der Waals surface area contributed by atoms with Gasteiger partial charge in [0, 0.05) is 5.69 Å². The van der Waals surface area contributed by atoms with Crippen molar-refractivity contribution in [2.75, 3.05) is 5.32 Å². The summed E-state index contributed by atoms with van der Waals surface area (Å²) >= 11 is 0. The van der Waals surface area contributed by atoms with Crippen LogP contribution in [0.4, 0.5) is 10.5 Å². The summed E-state index contributed by atoms with van der Waals surface area (Å²) in [5.74, 6) is -0.727. The first-order valence-corrected chi connectivity index (χ1v) is 8.32. The number of nitrogens with zero attached hydrogens (tertiary/aromatic N) is 1. The number of hydrogen-bond acceptors (Lipinski definition) is 3. The van der Waals surface area contributed by atoms with Gasteiger partial charge in [-0.3, -0.25) is 9.59 Å². The molecule has 1 aromatic carbocycles. The second-order valence-electron chi connectivity index (χ2n) is 6.57. The zero-order valence-corrected chi connectivity index (χ0v) is 14.7. The minimum absolute atomic E-state index is 0.340. The van der Waals surface area contributed by atoms with E-state index in [0.29, 0.717) is 12.1 Å². The third-order valence-electron chi connectivity index (χ3n) is 4.41. The van der Waals surface area contributed by atoms with E-state index in [1.165, 1.54) is 0 Å². The largest absolute Gasteiger partial charge is 0.325 e. The molecule has 0 radical (unpaired) electrons. The van der Waals surface area contributed by atoms with Crippen LogP contribution in [0.3, 0.4) is 0 Å². The van der Waals surface area contributed by atoms with Crippen molar-refractivity contribution >= 4 is 23.5 Å². The molecular formula is C18H25N3O3. The summed E-state index contributed by atoms with van der Waals surface area (Å²) < 4.78 is 0. The molecule has 1 saturated heterocycles. The number of carbonyl (C=O) groups is 3. The molecule has 6 heteroatoms. The molecule has 24 heavy (non-hydrogen) atoms. The molecule has 0 unspecified atom stereocenters. The van der Waals surface area contributed by atoms with Gasteiger partial charge in [-0.05, 0) is 39.3 Å². The Morgan fingerprint density at radius 2 is 1.92 bits per heavy atom. The molecular weight excluding hydrogens is 306 g/mol. The van der Waals surface area contributed by atoms with Crippen LogP contribution >= 0.6 is 0 Å². The Balaban J connectivity index is 2.09. The van der Waals surface area contributed by atoms with E-state index in [1.54, 1.807) is 26.0 Å². The molecule has 0 aliphatic carbocycles. The second-order valence-corrected chi connectivity index (χ2v) is 6.57. The van der Waals surface area contributed by atoms with E-state index in [9.17, 15) is 14.4 Å². The summed E-state index contributed by atoms with van der Waals surface area (Å²) in [5, 5.41) is 5.47. The van der Waals surface area contributed by atoms with Crippen LogP contribution in [0.15, 0.2) is 24.3 Å². The molecule has 1 aromatic rings. The van der Waals surface area contributed by atoms with Gasteiger partial charge in [0.2, 0.25) is 5.91 Å². The molecule has 130 valence electrons. The van der Waals surface area contributed by atoms with Crippen LogP contribution < -0.4 is 10.6 Å². The van der Waals surface area contributed by atoms with E-state index in [-0.39, 0.29) is 11.8 Å². The van der Waals surface area contributed by atoms with Gasteiger partial charge in [-0.25, -0.2) is 9.69 Å². The quantitative estimate of drug-likeness (QED) is 0.787. The summed E-state index contributed by atoms with van der Waals surface area (Å²) in [4.78, 5) is 38.3. The van der Waals surface area contributed by atoms with E-state index in [1.807, 2.05) is 26.0 Å². The molecule has 2 N–H and O–H groups in total. The summed E-state index contributed by atoms with van der Waals surface area (Å²) in [6.07, 6.45) is 2.33. The van der Waals surface area contributed by atoms with Crippen LogP contribution in [0.25, 0.3) is 0 Å². The van der Waals surface area contributed by atoms with Crippen LogP contribution in [0.2, 0.25) is 0 Å². The van der Waals surface area contributed by atoms with Gasteiger partial charge in [-0.1, -0.05) is 37.5 Å². The average Bonchev–Trinajstić information content (AvgIpc) is 2.76. The van der Waals surface area contributed by atoms with Crippen molar-refractivity contribution in [2.24, 2.45) is 0 Å². The number of nitrogens with one attached hydrogen (secondary N) is 2. The zero-order chi connectivity index (χ0) is 17.9. The standard InChI is InChI=1S/C18H25N3O3/c1-5-6-11-18(4)16(23)21(17(24)20-18)13(3)15(22)19-14-9-7-12(2)8-10-14/h7-10,13H,5-6,11H2,1-4H3,(H,19,22)(H,20,24)/t13-,18+/m1/s1. The van der Waals surface area contributed by atoms with Gasteiger partial charge in [0.05, 0.1) is 0 Å². The maximum absolute atomic E-state index is 12.6. The van der Waals surface area contributed by atoms with Crippen LogP contribution in [0.5, 0.6) is 0 Å². The summed E-state index contributed by atoms with van der Waals surface area (Å²) in [6, 6.07) is 5.97. The lowest BCUT2D eigenvalue weighted by Gasteiger charge is -2.24. The third-order valence-corrected chi connectivity index (χ3v) is 4.41. The van der Waals surface area contributed by atoms with Crippen molar-refractivity contribution in [1.82, 2.24) is 10.2 Å². The number of hydrogen-bond donors (Lipinski definition) is 2. The number of benzene rings is 1. The molecule has 1 aliphatic rings. The predicted octanol–water partition coefficient (Wildman–Crippen LogP) is 2.82. The Kier molecular flexibility index (Phi) is 5.26. The Hall–Kier alpha value is -2.37. The highest BCUT2D eigenvalue weighted by Crippen LogP contribution is 2.25. The molecule has 2 rings (SSSR count). The highest BCUT2D eigenvalue weighted by atomic mass is 16.2. The molecule has 6 nitrogen and oxygen atoms in total. The lowest BCUT2D eigenvalue weighted by Crippen LogP contribution is -2.48. The van der Waals surface area contributed by atoms with Gasteiger partial charge in [0.25, 0.3) is 5.91 Å². The monoisotopic (exact) mass is 331 g/mol. The fourth-order valence-electron chi connectivity index (χ4n) is 2.76. The predicted molar refractivity (Wildman–Crippen MR) is 92.6 cm³/mol. The van der Waals surface area contributed by atoms with E-state index in [0.717, 1.165) is 23.3 Å². The van der Waals surface area contributed by atoms with Crippen LogP contribution in [0, 0.1) is 6.92 Å². The van der Waals surface area contributed by atoms with E-state index >= 15 is 0 Å². The van der Waals surface area contributed by atoms with Crippen molar-refractivity contribution in [3.63, 3.8) is 0 Å². The normalized spacial score (nSPS) is 21.6. The molecule has 4 amide bonds. The van der Waals surface area contributed by atoms with Crippen LogP contribution in [-0.2, 0) is 9.59 Å². The fourth-order valence-corrected chi connectivity index (χ4v) is 2.76. The molecule has 1 heterocycles. The van der Waals surface area contributed by atoms with Crippen LogP contribution in [0.1, 0.15) is 45.6 Å². The Morgan fingerprint density at radius 3 is 2.50 bits per heavy atom. The van der Waals surface area contributed by atoms with Crippen molar-refractivity contribution < 1.29 is 14.4 Å². The summed E-state index contributed by atoms with van der Waals surface area (Å²) in [5.41, 5.74) is 0.797. The smallest absolute Gasteiger partial charge is 0.324 e. The van der Waals surface area contributed by atoms with Gasteiger partial charge in [-0.15, -0.1) is 0 Å². The maximum Gasteiger partial charge on any atom is 0.325 e. The molecule has 0 bridgehead atoms. The lowest BCUT2D eigenvalue weighted by atomic mass is 9.95. The SMILES string of the molecule is CCCC[C@]1(C)NC(=O)N([C@H](C)C(=O)Nc2ccc(C)cc2)C1=O. The Morgan fingerprint density at radius 1 is 1.29 bits per heavy atom. The maximum atomic E-state index is 12.6. The first-order valence-electron chi connectivity index (χ1n) is 8.32. The second kappa shape index (κ2) is 7.03. The number of imide groups is 1. The van der Waals surface area contributed by atoms with Gasteiger partial charge < -0.3 is 10.6 Å². The summed E-state index contributed by atoms with van der Waals surface area (Å²) in [7, 11) is 0. The van der Waals surface area contributed by atoms with Crippen molar-refractivity contribution in [3.05, 3.63) is 29.8 Å². The number of aryl methyl sites for hydroxylation is 1. The van der Waals surface area contributed by atoms with Gasteiger partial charge in [0.1, 0.15) is 11.6 Å². The number of amides is 4. The van der Waals surface area contributed by atoms with Crippen molar-refractivity contribution in [2.45, 2.75) is 58.5 Å². The number of anilines is 1. The topological polar surface area (TPSA) is 78.5 Å². The first kappa shape index (κ1) is 18.0. The molecule has 0 spiro atoms. The molecule has 0 aromatic heterocycles. The molecule has 2 atom stereocenters. The highest BCUT2D eigenvalue weighted by Gasteiger charge is 2.50. The summed E-state index contributed by atoms with van der Waals surface area (Å²) in [6.45, 7) is 7.26. The van der Waals surface area contributed by atoms with E-state index in [4.69, 9.17) is 0 Å². The minimum Gasteiger partial charge on any atom is -0.324 e. The van der Waals surface area contributed by atoms with E-state index in [2.05, 4.69) is 10.6 Å². The Bertz CT molecular complexity index is 641. The average molecular weight is 331 g/mol. The number of carbonyl (C=O) groups excluding carboxylic acids is 3. The zero-order valence-electron chi connectivity index (χ0n) is 14.7. The van der Waals surface area contributed by atoms with Crippen molar-refractivity contribution in [3.8, 4) is 0 Å². The van der Waals surface area contributed by atoms with Gasteiger partial charge in [-0.2, -0.15) is 0 Å². The lowest BCUT2D eigenvalue weighted by molar-refractivity contribution is -0.136. The Labute approximate surface area is 142 Å². The third kappa shape index (κ3) is 3.58.